The van der Waals surface area contributed by atoms with E-state index < -0.39 is 10.7 Å². The number of piperidine rings is 1. The number of nitrogens with one attached hydrogen (secondary N) is 1. The van der Waals surface area contributed by atoms with Crippen molar-refractivity contribution in [1.82, 2.24) is 9.97 Å². The molecule has 3 heterocycles. The summed E-state index contributed by atoms with van der Waals surface area (Å²) in [5.74, 6) is 0.965. The predicted molar refractivity (Wildman–Crippen MR) is 140 cm³/mol. The maximum absolute atomic E-state index is 14.5. The maximum Gasteiger partial charge on any atom is 0.272 e. The molecule has 0 aliphatic carbocycles. The summed E-state index contributed by atoms with van der Waals surface area (Å²) in [6, 6.07) is 11.5. The smallest absolute Gasteiger partial charge is 0.272 e. The van der Waals surface area contributed by atoms with E-state index in [4.69, 9.17) is 4.74 Å². The Morgan fingerprint density at radius 3 is 2.57 bits per heavy atom. The zero-order chi connectivity index (χ0) is 26.1. The van der Waals surface area contributed by atoms with E-state index in [0.29, 0.717) is 54.8 Å². The van der Waals surface area contributed by atoms with E-state index in [1.54, 1.807) is 12.1 Å². The van der Waals surface area contributed by atoms with E-state index >= 15 is 0 Å². The molecular weight excluding hydrogens is 495 g/mol. The molecule has 0 bridgehead atoms. The average molecular weight is 519 g/mol. The number of aromatic nitrogens is 2. The second kappa shape index (κ2) is 9.99. The third-order valence-corrected chi connectivity index (χ3v) is 7.26. The lowest BCUT2D eigenvalue weighted by atomic mass is 10.0. The number of rotatable bonds is 6. The lowest BCUT2D eigenvalue weighted by Gasteiger charge is -2.34. The first-order valence-corrected chi connectivity index (χ1v) is 12.6. The van der Waals surface area contributed by atoms with Crippen molar-refractivity contribution in [3.63, 3.8) is 0 Å². The van der Waals surface area contributed by atoms with Gasteiger partial charge in [0.1, 0.15) is 10.4 Å². The third-order valence-electron chi connectivity index (χ3n) is 6.37. The number of non-ortho nitro benzene ring substituents is 1. The second-order valence-electron chi connectivity index (χ2n) is 8.94. The Morgan fingerprint density at radius 2 is 1.92 bits per heavy atom. The first-order valence-electron chi connectivity index (χ1n) is 11.7. The van der Waals surface area contributed by atoms with Crippen LogP contribution in [0.15, 0.2) is 41.8 Å². The van der Waals surface area contributed by atoms with Crippen molar-refractivity contribution in [1.29, 1.82) is 5.26 Å². The van der Waals surface area contributed by atoms with Gasteiger partial charge in [0.05, 0.1) is 33.8 Å². The number of nitriles is 1. The number of ether oxygens (including phenoxy) is 1. The van der Waals surface area contributed by atoms with Crippen LogP contribution >= 0.6 is 11.3 Å². The molecule has 2 aromatic heterocycles. The molecule has 0 radical (unpaired) electrons. The minimum Gasteiger partial charge on any atom is -0.437 e. The van der Waals surface area contributed by atoms with Gasteiger partial charge in [-0.1, -0.05) is 0 Å². The highest BCUT2D eigenvalue weighted by Crippen LogP contribution is 2.36. The number of nitrogens with zero attached hydrogens (tertiary/aromatic N) is 5. The van der Waals surface area contributed by atoms with Gasteiger partial charge in [0.2, 0.25) is 11.8 Å². The number of halogens is 1. The van der Waals surface area contributed by atoms with E-state index in [-0.39, 0.29) is 11.7 Å². The predicted octanol–water partition coefficient (Wildman–Crippen LogP) is 6.10. The molecular formula is C26H23FN6O3S. The van der Waals surface area contributed by atoms with Gasteiger partial charge in [-0.2, -0.15) is 10.2 Å². The number of nitro benzene ring substituents is 1. The zero-order valence-electron chi connectivity index (χ0n) is 20.2. The number of nitro groups is 1. The first-order chi connectivity index (χ1) is 17.8. The Kier molecular flexibility index (Phi) is 6.58. The fraction of sp³-hybridized carbons (Fsp3) is 0.269. The zero-order valence-corrected chi connectivity index (χ0v) is 21.0. The van der Waals surface area contributed by atoms with E-state index in [2.05, 4.69) is 21.4 Å². The SMILES string of the molecule is Cc1cc(C#N)cc(C)c1Oc1nc(NC2CCN(c3ccc([N+](=O)[O-])cc3F)CC2)nc2ccsc12. The molecule has 11 heteroatoms. The Balaban J connectivity index is 1.32. The summed E-state index contributed by atoms with van der Waals surface area (Å²) in [6.07, 6.45) is 1.43. The molecule has 9 nitrogen and oxygen atoms in total. The van der Waals surface area contributed by atoms with E-state index in [9.17, 15) is 19.8 Å². The Morgan fingerprint density at radius 1 is 1.19 bits per heavy atom. The molecule has 188 valence electrons. The first kappa shape index (κ1) is 24.4. The summed E-state index contributed by atoms with van der Waals surface area (Å²) in [7, 11) is 0. The van der Waals surface area contributed by atoms with Crippen LogP contribution in [0.1, 0.15) is 29.5 Å². The molecule has 0 amide bonds. The quantitative estimate of drug-likeness (QED) is 0.240. The molecule has 0 unspecified atom stereocenters. The van der Waals surface area contributed by atoms with Gasteiger partial charge in [0.15, 0.2) is 5.82 Å². The van der Waals surface area contributed by atoms with Crippen molar-refractivity contribution in [3.05, 3.63) is 74.4 Å². The number of hydrogen-bond acceptors (Lipinski definition) is 9. The number of hydrogen-bond donors (Lipinski definition) is 1. The molecule has 4 aromatic rings. The summed E-state index contributed by atoms with van der Waals surface area (Å²) >= 11 is 1.49. The highest BCUT2D eigenvalue weighted by atomic mass is 32.1. The second-order valence-corrected chi connectivity index (χ2v) is 9.85. The molecule has 1 saturated heterocycles. The molecule has 5 rings (SSSR count). The third kappa shape index (κ3) is 5.01. The average Bonchev–Trinajstić information content (AvgIpc) is 3.35. The van der Waals surface area contributed by atoms with Gasteiger partial charge < -0.3 is 15.0 Å². The van der Waals surface area contributed by atoms with Crippen LogP contribution in [0.25, 0.3) is 10.2 Å². The fourth-order valence-corrected chi connectivity index (χ4v) is 5.31. The van der Waals surface area contributed by atoms with E-state index in [1.165, 1.54) is 23.5 Å². The van der Waals surface area contributed by atoms with Crippen LogP contribution < -0.4 is 15.0 Å². The minimum absolute atomic E-state index is 0.0691. The van der Waals surface area contributed by atoms with Crippen molar-refractivity contribution in [2.45, 2.75) is 32.7 Å². The minimum atomic E-state index is -0.602. The van der Waals surface area contributed by atoms with E-state index in [0.717, 1.165) is 27.4 Å². The number of anilines is 2. The summed E-state index contributed by atoms with van der Waals surface area (Å²) in [4.78, 5) is 21.5. The van der Waals surface area contributed by atoms with Crippen LogP contribution in [0.3, 0.4) is 0 Å². The van der Waals surface area contributed by atoms with Gasteiger partial charge in [0, 0.05) is 25.2 Å². The van der Waals surface area contributed by atoms with Crippen LogP contribution in [0.4, 0.5) is 21.7 Å². The number of fused-ring (bicyclic) bond motifs is 1. The Bertz CT molecular complexity index is 1520. The van der Waals surface area contributed by atoms with Crippen LogP contribution in [-0.2, 0) is 0 Å². The fourth-order valence-electron chi connectivity index (χ4n) is 4.56. The monoisotopic (exact) mass is 518 g/mol. The molecule has 0 atom stereocenters. The largest absolute Gasteiger partial charge is 0.437 e. The highest BCUT2D eigenvalue weighted by molar-refractivity contribution is 7.17. The summed E-state index contributed by atoms with van der Waals surface area (Å²) < 4.78 is 21.6. The normalized spacial score (nSPS) is 13.9. The molecule has 1 aliphatic rings. The topological polar surface area (TPSA) is 117 Å². The van der Waals surface area contributed by atoms with E-state index in [1.807, 2.05) is 30.2 Å². The van der Waals surface area contributed by atoms with Crippen molar-refractivity contribution in [2.24, 2.45) is 0 Å². The molecule has 1 aliphatic heterocycles. The lowest BCUT2D eigenvalue weighted by molar-refractivity contribution is -0.385. The number of benzene rings is 2. The Hall–Kier alpha value is -4.30. The van der Waals surface area contributed by atoms with Crippen LogP contribution in [0.2, 0.25) is 0 Å². The summed E-state index contributed by atoms with van der Waals surface area (Å²) in [5, 5.41) is 25.5. The molecule has 1 fully saturated rings. The number of aryl methyl sites for hydroxylation is 2. The lowest BCUT2D eigenvalue weighted by Crippen LogP contribution is -2.39. The van der Waals surface area contributed by atoms with Crippen molar-refractivity contribution >= 4 is 38.9 Å². The van der Waals surface area contributed by atoms with Gasteiger partial charge in [-0.3, -0.25) is 10.1 Å². The van der Waals surface area contributed by atoms with Crippen molar-refractivity contribution in [3.8, 4) is 17.7 Å². The van der Waals surface area contributed by atoms with Crippen LogP contribution in [0, 0.1) is 41.1 Å². The highest BCUT2D eigenvalue weighted by Gasteiger charge is 2.24. The van der Waals surface area contributed by atoms with Gasteiger partial charge in [0.25, 0.3) is 5.69 Å². The summed E-state index contributed by atoms with van der Waals surface area (Å²) in [6.45, 7) is 4.97. The van der Waals surface area contributed by atoms with Crippen molar-refractivity contribution in [2.75, 3.05) is 23.3 Å². The molecule has 1 N–H and O–H groups in total. The van der Waals surface area contributed by atoms with Crippen LogP contribution in [0.5, 0.6) is 11.6 Å². The molecule has 37 heavy (non-hydrogen) atoms. The molecule has 0 saturated carbocycles. The standard InChI is InChI=1S/C26H23FN6O3S/c1-15-11-17(14-28)12-16(2)23(15)36-25-24-21(7-10-37-24)30-26(31-25)29-18-5-8-32(9-6-18)22-4-3-19(33(34)35)13-20(22)27/h3-4,7,10-13,18H,5-6,8-9H2,1-2H3,(H,29,30,31). The van der Waals surface area contributed by atoms with Gasteiger partial charge >= 0.3 is 0 Å². The number of thiophene rings is 1. The summed E-state index contributed by atoms with van der Waals surface area (Å²) in [5.41, 5.74) is 3.15. The maximum atomic E-state index is 14.5. The van der Waals surface area contributed by atoms with Crippen LogP contribution in [-0.4, -0.2) is 34.0 Å². The Labute approximate surface area is 216 Å². The molecule has 0 spiro atoms. The molecule has 2 aromatic carbocycles. The van der Waals surface area contributed by atoms with Gasteiger partial charge in [-0.05, 0) is 67.5 Å². The van der Waals surface area contributed by atoms with Gasteiger partial charge in [-0.15, -0.1) is 11.3 Å². The van der Waals surface area contributed by atoms with Crippen molar-refractivity contribution < 1.29 is 14.1 Å². The van der Waals surface area contributed by atoms with Gasteiger partial charge in [-0.25, -0.2) is 9.37 Å².